The summed E-state index contributed by atoms with van der Waals surface area (Å²) in [6, 6.07) is 0. The van der Waals surface area contributed by atoms with E-state index in [0.29, 0.717) is 29.4 Å². The monoisotopic (exact) mass is 694 g/mol. The summed E-state index contributed by atoms with van der Waals surface area (Å²) in [5.41, 5.74) is -0.446. The normalized spacial score (nSPS) is 20.3. The average Bonchev–Trinajstić information content (AvgIpc) is 3.22. The highest BCUT2D eigenvalue weighted by Crippen LogP contribution is 2.50. The molecule has 0 heterocycles. The third kappa shape index (κ3) is 13.8. The van der Waals surface area contributed by atoms with Gasteiger partial charge in [-0.1, -0.05) is 93.2 Å². The Morgan fingerprint density at radius 3 is 2.09 bits per heavy atom. The maximum absolute atomic E-state index is 14.6. The van der Waals surface area contributed by atoms with Gasteiger partial charge in [0.25, 0.3) is 0 Å². The van der Waals surface area contributed by atoms with Crippen LogP contribution in [-0.2, 0) is 18.4 Å². The van der Waals surface area contributed by atoms with Gasteiger partial charge in [-0.05, 0) is 67.2 Å². The van der Waals surface area contributed by atoms with E-state index >= 15 is 0 Å². The molecule has 0 bridgehead atoms. The molecule has 1 aliphatic rings. The lowest BCUT2D eigenvalue weighted by Gasteiger charge is -2.40. The second-order valence-electron chi connectivity index (χ2n) is 16.0. The van der Waals surface area contributed by atoms with Crippen molar-refractivity contribution in [2.24, 2.45) is 11.8 Å². The third-order valence-corrected chi connectivity index (χ3v) is 20.3. The van der Waals surface area contributed by atoms with Crippen molar-refractivity contribution in [1.82, 2.24) is 0 Å². The number of methoxy groups -OCH3 is 1. The molecule has 1 aliphatic carbocycles. The number of unbranched alkanes of at least 4 members (excludes halogenated alkanes) is 3. The van der Waals surface area contributed by atoms with E-state index in [-0.39, 0.29) is 28.6 Å². The standard InChI is InChI=1S/C35H65F3O4SSi2/c1-14-15-19-26(2)24-27(41-44(10,11)33(3,4)5)21-22-28-30(42-45(12,13)34(6,7)8)25-29(35(36,37)38)32(28)43-23-18-16-17-20-31(39)40-9/h21-22,26-28,30H,14-20,23-25H2,1-13H3/t26-,27-,28+,30-/m1/s1. The predicted octanol–water partition coefficient (Wildman–Crippen LogP) is 11.8. The number of hydrogen-bond acceptors (Lipinski definition) is 5. The molecule has 0 radical (unpaired) electrons. The molecule has 45 heavy (non-hydrogen) atoms. The number of carbonyl (C=O) groups is 1. The fourth-order valence-corrected chi connectivity index (χ4v) is 8.97. The molecule has 264 valence electrons. The molecule has 0 unspecified atom stereocenters. The minimum Gasteiger partial charge on any atom is -0.469 e. The SMILES string of the molecule is CCCC[C@@H](C)C[C@@H](C=C[C@@H]1C(SCCCCCC(=O)OC)=C(C(F)(F)F)C[C@H]1O[Si](C)(C)C(C)(C)C)O[Si](C)(C)C(C)(C)C. The van der Waals surface area contributed by atoms with E-state index in [4.69, 9.17) is 13.6 Å². The van der Waals surface area contributed by atoms with Crippen LogP contribution in [0, 0.1) is 11.8 Å². The summed E-state index contributed by atoms with van der Waals surface area (Å²) in [5, 5.41) is -0.108. The summed E-state index contributed by atoms with van der Waals surface area (Å²) in [7, 11) is -3.12. The number of alkyl halides is 3. The Hall–Kier alpha value is -0.556. The van der Waals surface area contributed by atoms with Gasteiger partial charge in [-0.15, -0.1) is 11.8 Å². The summed E-state index contributed by atoms with van der Waals surface area (Å²) >= 11 is 1.32. The average molecular weight is 695 g/mol. The van der Waals surface area contributed by atoms with Gasteiger partial charge in [0, 0.05) is 29.2 Å². The third-order valence-electron chi connectivity index (χ3n) is 9.98. The number of hydrogen-bond donors (Lipinski definition) is 0. The first-order chi connectivity index (χ1) is 20.5. The fraction of sp³-hybridized carbons (Fsp3) is 0.857. The zero-order valence-corrected chi connectivity index (χ0v) is 33.5. The first kappa shape index (κ1) is 42.5. The van der Waals surface area contributed by atoms with Gasteiger partial charge in [-0.25, -0.2) is 0 Å². The molecule has 0 N–H and O–H groups in total. The topological polar surface area (TPSA) is 44.8 Å². The lowest BCUT2D eigenvalue weighted by atomic mass is 9.96. The van der Waals surface area contributed by atoms with Crippen LogP contribution < -0.4 is 0 Å². The van der Waals surface area contributed by atoms with Crippen molar-refractivity contribution in [1.29, 1.82) is 0 Å². The molecule has 4 nitrogen and oxygen atoms in total. The Labute approximate surface area is 280 Å². The van der Waals surface area contributed by atoms with E-state index in [1.165, 1.54) is 18.9 Å². The van der Waals surface area contributed by atoms with Crippen LogP contribution in [0.3, 0.4) is 0 Å². The van der Waals surface area contributed by atoms with E-state index < -0.39 is 40.4 Å². The second kappa shape index (κ2) is 17.7. The van der Waals surface area contributed by atoms with Crippen LogP contribution in [-0.4, -0.2) is 53.9 Å². The van der Waals surface area contributed by atoms with Crippen LogP contribution in [0.4, 0.5) is 13.2 Å². The fourth-order valence-electron chi connectivity index (χ4n) is 4.98. The number of rotatable bonds is 18. The molecule has 0 saturated heterocycles. The number of esters is 1. The van der Waals surface area contributed by atoms with Gasteiger partial charge in [-0.3, -0.25) is 4.79 Å². The first-order valence-corrected chi connectivity index (χ1v) is 23.8. The number of thioether (sulfide) groups is 1. The molecule has 0 aliphatic heterocycles. The number of ether oxygens (including phenoxy) is 1. The maximum atomic E-state index is 14.6. The van der Waals surface area contributed by atoms with E-state index in [1.54, 1.807) is 0 Å². The second-order valence-corrected chi connectivity index (χ2v) is 26.7. The van der Waals surface area contributed by atoms with Gasteiger partial charge >= 0.3 is 12.1 Å². The summed E-state index contributed by atoms with van der Waals surface area (Å²) in [6.45, 7) is 26.2. The molecule has 0 aromatic heterocycles. The van der Waals surface area contributed by atoms with Crippen molar-refractivity contribution >= 4 is 34.4 Å². The zero-order valence-electron chi connectivity index (χ0n) is 30.7. The van der Waals surface area contributed by atoms with Crippen molar-refractivity contribution in [2.75, 3.05) is 12.9 Å². The van der Waals surface area contributed by atoms with Gasteiger partial charge in [0.1, 0.15) is 0 Å². The Bertz CT molecular complexity index is 981. The van der Waals surface area contributed by atoms with Gasteiger partial charge in [0.05, 0.1) is 19.3 Å². The molecular weight excluding hydrogens is 630 g/mol. The lowest BCUT2D eigenvalue weighted by molar-refractivity contribution is -0.140. The highest BCUT2D eigenvalue weighted by Gasteiger charge is 2.49. The maximum Gasteiger partial charge on any atom is 0.413 e. The summed E-state index contributed by atoms with van der Waals surface area (Å²) in [5.74, 6) is 0.278. The van der Waals surface area contributed by atoms with Crippen LogP contribution in [0.2, 0.25) is 36.3 Å². The van der Waals surface area contributed by atoms with Crippen molar-refractivity contribution in [3.05, 3.63) is 22.6 Å². The predicted molar refractivity (Wildman–Crippen MR) is 191 cm³/mol. The van der Waals surface area contributed by atoms with Crippen molar-refractivity contribution in [3.63, 3.8) is 0 Å². The van der Waals surface area contributed by atoms with Crippen LogP contribution >= 0.6 is 11.8 Å². The van der Waals surface area contributed by atoms with E-state index in [0.717, 1.165) is 38.5 Å². The molecular formula is C35H65F3O4SSi2. The van der Waals surface area contributed by atoms with Crippen LogP contribution in [0.15, 0.2) is 22.6 Å². The zero-order chi connectivity index (χ0) is 34.9. The van der Waals surface area contributed by atoms with Gasteiger partial charge in [0.2, 0.25) is 0 Å². The number of halogens is 3. The summed E-state index contributed by atoms with van der Waals surface area (Å²) < 4.78 is 62.3. The Morgan fingerprint density at radius 2 is 1.58 bits per heavy atom. The van der Waals surface area contributed by atoms with Gasteiger partial charge in [0.15, 0.2) is 16.6 Å². The summed E-state index contributed by atoms with van der Waals surface area (Å²) in [4.78, 5) is 11.9. The summed E-state index contributed by atoms with van der Waals surface area (Å²) in [6.07, 6.45) is 5.54. The molecule has 4 atom stereocenters. The quantitative estimate of drug-likeness (QED) is 0.0618. The molecule has 0 aromatic rings. The van der Waals surface area contributed by atoms with Crippen LogP contribution in [0.1, 0.15) is 113 Å². The van der Waals surface area contributed by atoms with Crippen molar-refractivity contribution in [2.45, 2.75) is 168 Å². The minimum absolute atomic E-state index is 0.0192. The smallest absolute Gasteiger partial charge is 0.413 e. The molecule has 10 heteroatoms. The van der Waals surface area contributed by atoms with E-state index in [9.17, 15) is 18.0 Å². The Morgan fingerprint density at radius 1 is 0.978 bits per heavy atom. The van der Waals surface area contributed by atoms with E-state index in [1.807, 2.05) is 6.08 Å². The number of carbonyl (C=O) groups excluding carboxylic acids is 1. The minimum atomic E-state index is -4.42. The van der Waals surface area contributed by atoms with E-state index in [2.05, 4.69) is 87.7 Å². The first-order valence-electron chi connectivity index (χ1n) is 17.0. The molecule has 0 aromatic carbocycles. The molecule has 0 saturated carbocycles. The Kier molecular flexibility index (Phi) is 16.7. The van der Waals surface area contributed by atoms with Crippen molar-refractivity contribution < 1.29 is 31.6 Å². The highest BCUT2D eigenvalue weighted by molar-refractivity contribution is 8.03. The van der Waals surface area contributed by atoms with Crippen molar-refractivity contribution in [3.8, 4) is 0 Å². The van der Waals surface area contributed by atoms with Gasteiger partial charge < -0.3 is 13.6 Å². The highest BCUT2D eigenvalue weighted by atomic mass is 32.2. The molecule has 1 rings (SSSR count). The molecule has 0 fully saturated rings. The van der Waals surface area contributed by atoms with Crippen LogP contribution in [0.25, 0.3) is 0 Å². The lowest BCUT2D eigenvalue weighted by Crippen LogP contribution is -2.45. The largest absolute Gasteiger partial charge is 0.469 e. The van der Waals surface area contributed by atoms with Crippen LogP contribution in [0.5, 0.6) is 0 Å². The molecule has 0 spiro atoms. The van der Waals surface area contributed by atoms with Gasteiger partial charge in [-0.2, -0.15) is 13.2 Å². The molecule has 0 amide bonds. The Balaban J connectivity index is 3.48.